The second kappa shape index (κ2) is 5.66. The topological polar surface area (TPSA) is 50.5 Å². The first-order chi connectivity index (χ1) is 8.93. The van der Waals surface area contributed by atoms with E-state index in [0.717, 1.165) is 5.56 Å². The molecule has 0 aliphatic carbocycles. The molecule has 19 heavy (non-hydrogen) atoms. The van der Waals surface area contributed by atoms with Crippen LogP contribution in [0.4, 0.5) is 0 Å². The number of halogens is 2. The molecule has 4 nitrogen and oxygen atoms in total. The molecular weight excluding hydrogens is 354 g/mol. The van der Waals surface area contributed by atoms with Crippen molar-refractivity contribution in [3.8, 4) is 0 Å². The largest absolute Gasteiger partial charge is 0.472 e. The standard InChI is InChI=1S/C12H11BrClNO3S/c1-15(7-9-5-6-18-8-9)19(16,17)12-10(13)3-2-4-11(12)14/h2-6,8H,7H2,1H3. The van der Waals surface area contributed by atoms with Gasteiger partial charge in [-0.25, -0.2) is 8.42 Å². The van der Waals surface area contributed by atoms with Crippen molar-refractivity contribution in [2.24, 2.45) is 0 Å². The third-order valence-electron chi connectivity index (χ3n) is 2.57. The van der Waals surface area contributed by atoms with E-state index in [0.29, 0.717) is 4.47 Å². The van der Waals surface area contributed by atoms with Crippen LogP contribution < -0.4 is 0 Å². The van der Waals surface area contributed by atoms with Crippen LogP contribution in [0, 0.1) is 0 Å². The van der Waals surface area contributed by atoms with Gasteiger partial charge in [-0.1, -0.05) is 17.7 Å². The quantitative estimate of drug-likeness (QED) is 0.834. The van der Waals surface area contributed by atoms with Gasteiger partial charge in [-0.3, -0.25) is 0 Å². The summed E-state index contributed by atoms with van der Waals surface area (Å²) in [7, 11) is -2.17. The van der Waals surface area contributed by atoms with Crippen molar-refractivity contribution in [2.75, 3.05) is 7.05 Å². The van der Waals surface area contributed by atoms with E-state index in [1.165, 1.54) is 23.9 Å². The maximum absolute atomic E-state index is 12.5. The highest BCUT2D eigenvalue weighted by Crippen LogP contribution is 2.31. The average Bonchev–Trinajstić information content (AvgIpc) is 2.81. The van der Waals surface area contributed by atoms with Gasteiger partial charge in [0.2, 0.25) is 10.0 Å². The van der Waals surface area contributed by atoms with Crippen molar-refractivity contribution in [3.05, 3.63) is 51.9 Å². The second-order valence-corrected chi connectivity index (χ2v) is 7.19. The summed E-state index contributed by atoms with van der Waals surface area (Å²) in [6.07, 6.45) is 3.01. The number of hydrogen-bond donors (Lipinski definition) is 0. The van der Waals surface area contributed by atoms with Crippen molar-refractivity contribution < 1.29 is 12.8 Å². The van der Waals surface area contributed by atoms with Gasteiger partial charge in [-0.05, 0) is 34.1 Å². The SMILES string of the molecule is CN(Cc1ccoc1)S(=O)(=O)c1c(Cl)cccc1Br. The lowest BCUT2D eigenvalue weighted by atomic mass is 10.3. The van der Waals surface area contributed by atoms with E-state index in [4.69, 9.17) is 16.0 Å². The van der Waals surface area contributed by atoms with E-state index in [2.05, 4.69) is 15.9 Å². The van der Waals surface area contributed by atoms with E-state index in [-0.39, 0.29) is 16.5 Å². The Bertz CT molecular complexity index is 650. The Kier molecular flexibility index (Phi) is 4.35. The second-order valence-electron chi connectivity index (χ2n) is 3.94. The molecule has 0 N–H and O–H groups in total. The van der Waals surface area contributed by atoms with Crippen molar-refractivity contribution in [1.29, 1.82) is 0 Å². The molecule has 0 atom stereocenters. The maximum Gasteiger partial charge on any atom is 0.245 e. The van der Waals surface area contributed by atoms with Gasteiger partial charge >= 0.3 is 0 Å². The number of benzene rings is 1. The predicted molar refractivity (Wildman–Crippen MR) is 76.5 cm³/mol. The van der Waals surface area contributed by atoms with Gasteiger partial charge in [0.05, 0.1) is 17.5 Å². The minimum atomic E-state index is -3.66. The van der Waals surface area contributed by atoms with Crippen LogP contribution in [0.5, 0.6) is 0 Å². The Morgan fingerprint density at radius 2 is 2.11 bits per heavy atom. The summed E-state index contributed by atoms with van der Waals surface area (Å²) in [5, 5.41) is 0.188. The smallest absolute Gasteiger partial charge is 0.245 e. The lowest BCUT2D eigenvalue weighted by Gasteiger charge is -2.18. The van der Waals surface area contributed by atoms with E-state index in [9.17, 15) is 8.42 Å². The first-order valence-corrected chi connectivity index (χ1v) is 7.95. The van der Waals surface area contributed by atoms with Crippen LogP contribution in [0.2, 0.25) is 5.02 Å². The first kappa shape index (κ1) is 14.6. The molecular formula is C12H11BrClNO3S. The van der Waals surface area contributed by atoms with Crippen LogP contribution in [-0.4, -0.2) is 19.8 Å². The highest BCUT2D eigenvalue weighted by Gasteiger charge is 2.26. The van der Waals surface area contributed by atoms with Gasteiger partial charge < -0.3 is 4.42 Å². The highest BCUT2D eigenvalue weighted by molar-refractivity contribution is 9.10. The summed E-state index contributed by atoms with van der Waals surface area (Å²) in [6.45, 7) is 0.219. The van der Waals surface area contributed by atoms with Crippen LogP contribution in [0.3, 0.4) is 0 Å². The molecule has 1 aromatic heterocycles. The Labute approximate surface area is 125 Å². The van der Waals surface area contributed by atoms with Crippen LogP contribution in [0.15, 0.2) is 50.6 Å². The molecule has 0 fully saturated rings. The number of rotatable bonds is 4. The van der Waals surface area contributed by atoms with Crippen molar-refractivity contribution >= 4 is 37.6 Å². The zero-order chi connectivity index (χ0) is 14.0. The van der Waals surface area contributed by atoms with Crippen molar-refractivity contribution in [1.82, 2.24) is 4.31 Å². The van der Waals surface area contributed by atoms with Crippen LogP contribution in [0.25, 0.3) is 0 Å². The predicted octanol–water partition coefficient (Wildman–Crippen LogP) is 3.52. The first-order valence-electron chi connectivity index (χ1n) is 5.34. The number of sulfonamides is 1. The third-order valence-corrected chi connectivity index (χ3v) is 5.83. The van der Waals surface area contributed by atoms with Gasteiger partial charge in [0.15, 0.2) is 0 Å². The van der Waals surface area contributed by atoms with E-state index in [1.807, 2.05) is 0 Å². The van der Waals surface area contributed by atoms with E-state index in [1.54, 1.807) is 24.3 Å². The fourth-order valence-electron chi connectivity index (χ4n) is 1.61. The Morgan fingerprint density at radius 1 is 1.37 bits per heavy atom. The number of nitrogens with zero attached hydrogens (tertiary/aromatic N) is 1. The van der Waals surface area contributed by atoms with Crippen molar-refractivity contribution in [3.63, 3.8) is 0 Å². The summed E-state index contributed by atoms with van der Waals surface area (Å²) in [4.78, 5) is 0.0719. The summed E-state index contributed by atoms with van der Waals surface area (Å²) in [6, 6.07) is 6.59. The molecule has 0 aliphatic heterocycles. The summed E-state index contributed by atoms with van der Waals surface area (Å²) >= 11 is 9.21. The summed E-state index contributed by atoms with van der Waals surface area (Å²) in [5.41, 5.74) is 0.772. The fourth-order valence-corrected chi connectivity index (χ4v) is 4.43. The monoisotopic (exact) mass is 363 g/mol. The zero-order valence-corrected chi connectivity index (χ0v) is 13.2. The van der Waals surface area contributed by atoms with Crippen LogP contribution in [0.1, 0.15) is 5.56 Å². The van der Waals surface area contributed by atoms with Gasteiger partial charge in [-0.15, -0.1) is 0 Å². The fraction of sp³-hybridized carbons (Fsp3) is 0.167. The average molecular weight is 365 g/mol. The highest BCUT2D eigenvalue weighted by atomic mass is 79.9. The van der Waals surface area contributed by atoms with Gasteiger partial charge in [-0.2, -0.15) is 4.31 Å². The molecule has 7 heteroatoms. The molecule has 1 heterocycles. The molecule has 2 aromatic rings. The molecule has 0 saturated heterocycles. The lowest BCUT2D eigenvalue weighted by Crippen LogP contribution is -2.26. The van der Waals surface area contributed by atoms with Crippen molar-refractivity contribution in [2.45, 2.75) is 11.4 Å². The van der Waals surface area contributed by atoms with Gasteiger partial charge in [0, 0.05) is 23.6 Å². The molecule has 0 spiro atoms. The molecule has 102 valence electrons. The summed E-state index contributed by atoms with van der Waals surface area (Å²) < 4.78 is 31.6. The number of hydrogen-bond acceptors (Lipinski definition) is 3. The normalized spacial score (nSPS) is 12.0. The minimum Gasteiger partial charge on any atom is -0.472 e. The maximum atomic E-state index is 12.5. The van der Waals surface area contributed by atoms with Gasteiger partial charge in [0.1, 0.15) is 4.90 Å². The Balaban J connectivity index is 2.37. The molecule has 0 saturated carbocycles. The Morgan fingerprint density at radius 3 is 2.68 bits per heavy atom. The van der Waals surface area contributed by atoms with Gasteiger partial charge in [0.25, 0.3) is 0 Å². The molecule has 2 rings (SSSR count). The lowest BCUT2D eigenvalue weighted by molar-refractivity contribution is 0.463. The van der Waals surface area contributed by atoms with Crippen LogP contribution >= 0.6 is 27.5 Å². The molecule has 0 radical (unpaired) electrons. The minimum absolute atomic E-state index is 0.0719. The zero-order valence-electron chi connectivity index (χ0n) is 10.0. The van der Waals surface area contributed by atoms with Crippen LogP contribution in [-0.2, 0) is 16.6 Å². The summed E-state index contributed by atoms with van der Waals surface area (Å²) in [5.74, 6) is 0. The molecule has 0 unspecified atom stereocenters. The molecule has 1 aromatic carbocycles. The number of furan rings is 1. The van der Waals surface area contributed by atoms with E-state index < -0.39 is 10.0 Å². The third kappa shape index (κ3) is 3.02. The molecule has 0 bridgehead atoms. The Hall–Kier alpha value is -0.820. The molecule has 0 aliphatic rings. The molecule has 0 amide bonds. The van der Waals surface area contributed by atoms with E-state index >= 15 is 0 Å².